The van der Waals surface area contributed by atoms with Gasteiger partial charge in [0.2, 0.25) is 11.8 Å². The second kappa shape index (κ2) is 13.5. The van der Waals surface area contributed by atoms with Crippen LogP contribution >= 0.6 is 11.6 Å². The molecule has 3 rings (SSSR count). The highest BCUT2D eigenvalue weighted by atomic mass is 35.5. The summed E-state index contributed by atoms with van der Waals surface area (Å²) in [5.74, 6) is -0.743. The van der Waals surface area contributed by atoms with Crippen LogP contribution < -0.4 is 9.62 Å². The molecular weight excluding hydrogens is 558 g/mol. The molecule has 0 aliphatic carbocycles. The lowest BCUT2D eigenvalue weighted by Crippen LogP contribution is -2.56. The van der Waals surface area contributed by atoms with Gasteiger partial charge in [-0.1, -0.05) is 54.9 Å². The van der Waals surface area contributed by atoms with Crippen molar-refractivity contribution in [2.24, 2.45) is 0 Å². The molecular formula is C32H40ClN3O4S. The summed E-state index contributed by atoms with van der Waals surface area (Å²) in [4.78, 5) is 29.0. The second-order valence-corrected chi connectivity index (χ2v) is 13.5. The third-order valence-electron chi connectivity index (χ3n) is 6.83. The lowest BCUT2D eigenvalue weighted by Gasteiger charge is -2.35. The Kier molecular flexibility index (Phi) is 10.6. The van der Waals surface area contributed by atoms with Crippen molar-refractivity contribution < 1.29 is 18.0 Å². The van der Waals surface area contributed by atoms with Crippen molar-refractivity contribution in [2.75, 3.05) is 17.4 Å². The van der Waals surface area contributed by atoms with Crippen LogP contribution in [0.3, 0.4) is 0 Å². The first-order chi connectivity index (χ1) is 19.2. The smallest absolute Gasteiger partial charge is 0.264 e. The van der Waals surface area contributed by atoms with E-state index in [1.54, 1.807) is 12.1 Å². The van der Waals surface area contributed by atoms with E-state index in [0.29, 0.717) is 23.6 Å². The van der Waals surface area contributed by atoms with Crippen molar-refractivity contribution in [3.63, 3.8) is 0 Å². The highest BCUT2D eigenvalue weighted by Crippen LogP contribution is 2.27. The number of hydrogen-bond acceptors (Lipinski definition) is 4. The number of carbonyl (C=O) groups excluding carboxylic acids is 2. The zero-order valence-corrected chi connectivity index (χ0v) is 26.2. The monoisotopic (exact) mass is 597 g/mol. The number of amides is 2. The molecule has 0 saturated heterocycles. The van der Waals surface area contributed by atoms with Crippen LogP contribution in [-0.2, 0) is 26.0 Å². The summed E-state index contributed by atoms with van der Waals surface area (Å²) in [6.07, 6.45) is 0.884. The minimum Gasteiger partial charge on any atom is -0.350 e. The van der Waals surface area contributed by atoms with Gasteiger partial charge in [0.05, 0.1) is 10.6 Å². The van der Waals surface area contributed by atoms with Gasteiger partial charge in [0.1, 0.15) is 12.6 Å². The van der Waals surface area contributed by atoms with Crippen molar-refractivity contribution >= 4 is 39.1 Å². The van der Waals surface area contributed by atoms with Gasteiger partial charge in [-0.05, 0) is 101 Å². The summed E-state index contributed by atoms with van der Waals surface area (Å²) < 4.78 is 29.1. The third-order valence-corrected chi connectivity index (χ3v) is 8.87. The first kappa shape index (κ1) is 32.2. The van der Waals surface area contributed by atoms with Gasteiger partial charge >= 0.3 is 0 Å². The molecule has 0 aliphatic heterocycles. The molecule has 0 bridgehead atoms. The molecule has 0 heterocycles. The van der Waals surface area contributed by atoms with Crippen molar-refractivity contribution in [3.8, 4) is 0 Å². The van der Waals surface area contributed by atoms with Gasteiger partial charge in [-0.3, -0.25) is 13.9 Å². The van der Waals surface area contributed by atoms with Crippen molar-refractivity contribution in [1.29, 1.82) is 0 Å². The van der Waals surface area contributed by atoms with Gasteiger partial charge in [-0.25, -0.2) is 8.42 Å². The number of anilines is 1. The predicted molar refractivity (Wildman–Crippen MR) is 166 cm³/mol. The van der Waals surface area contributed by atoms with Crippen molar-refractivity contribution in [1.82, 2.24) is 10.2 Å². The summed E-state index contributed by atoms with van der Waals surface area (Å²) in [5.41, 5.74) is 2.77. The normalized spacial score (nSPS) is 12.5. The van der Waals surface area contributed by atoms with Crippen molar-refractivity contribution in [3.05, 3.63) is 94.5 Å². The van der Waals surface area contributed by atoms with E-state index < -0.39 is 34.1 Å². The van der Waals surface area contributed by atoms with E-state index in [4.69, 9.17) is 11.6 Å². The number of halogens is 1. The van der Waals surface area contributed by atoms with E-state index in [1.807, 2.05) is 77.9 Å². The molecule has 1 atom stereocenters. The molecule has 7 nitrogen and oxygen atoms in total. The molecule has 1 N–H and O–H groups in total. The number of hydrogen-bond donors (Lipinski definition) is 1. The zero-order valence-electron chi connectivity index (χ0n) is 24.6. The number of aryl methyl sites for hydroxylation is 2. The van der Waals surface area contributed by atoms with Crippen molar-refractivity contribution in [2.45, 2.75) is 70.9 Å². The van der Waals surface area contributed by atoms with Gasteiger partial charge in [-0.2, -0.15) is 0 Å². The maximum atomic E-state index is 14.1. The Morgan fingerprint density at radius 1 is 0.927 bits per heavy atom. The van der Waals surface area contributed by atoms with Crippen LogP contribution in [0.5, 0.6) is 0 Å². The summed E-state index contributed by atoms with van der Waals surface area (Å²) in [6.45, 7) is 11.1. The molecule has 9 heteroatoms. The van der Waals surface area contributed by atoms with E-state index in [1.165, 1.54) is 29.2 Å². The average Bonchev–Trinajstić information content (AvgIpc) is 2.90. The first-order valence-corrected chi connectivity index (χ1v) is 15.6. The third kappa shape index (κ3) is 8.57. The van der Waals surface area contributed by atoms with Crippen LogP contribution in [0.25, 0.3) is 0 Å². The molecule has 2 amide bonds. The summed E-state index contributed by atoms with van der Waals surface area (Å²) in [5, 5.41) is 3.39. The molecule has 41 heavy (non-hydrogen) atoms. The Balaban J connectivity index is 2.04. The minimum absolute atomic E-state index is 0.0151. The highest BCUT2D eigenvalue weighted by molar-refractivity contribution is 7.92. The zero-order chi connectivity index (χ0) is 30.4. The first-order valence-electron chi connectivity index (χ1n) is 13.7. The van der Waals surface area contributed by atoms with Gasteiger partial charge in [0.25, 0.3) is 10.0 Å². The number of nitrogens with zero attached hydrogens (tertiary/aromatic N) is 2. The lowest BCUT2D eigenvalue weighted by molar-refractivity contribution is -0.140. The fourth-order valence-corrected chi connectivity index (χ4v) is 6.02. The maximum Gasteiger partial charge on any atom is 0.264 e. The number of rotatable bonds is 11. The number of sulfonamides is 1. The molecule has 0 fully saturated rings. The summed E-state index contributed by atoms with van der Waals surface area (Å²) in [7, 11) is -4.15. The standard InChI is InChI=1S/C32H40ClN3O4S/c1-7-29(31(38)34-32(4,5)6)35(20-19-25-11-9-8-10-12-25)30(37)22-36(27-16-13-23(2)24(3)21-27)41(39,40)28-17-14-26(33)15-18-28/h8-18,21,29H,7,19-20,22H2,1-6H3,(H,34,38). The van der Waals surface area contributed by atoms with Gasteiger partial charge in [-0.15, -0.1) is 0 Å². The molecule has 0 aliphatic rings. The van der Waals surface area contributed by atoms with E-state index in [2.05, 4.69) is 5.32 Å². The fourth-order valence-electron chi connectivity index (χ4n) is 4.49. The molecule has 3 aromatic carbocycles. The van der Waals surface area contributed by atoms with Crippen LogP contribution in [-0.4, -0.2) is 49.8 Å². The number of carbonyl (C=O) groups is 2. The summed E-state index contributed by atoms with van der Waals surface area (Å²) in [6, 6.07) is 20.1. The van der Waals surface area contributed by atoms with E-state index in [-0.39, 0.29) is 17.3 Å². The van der Waals surface area contributed by atoms with Crippen LogP contribution in [0.1, 0.15) is 50.8 Å². The van der Waals surface area contributed by atoms with E-state index >= 15 is 0 Å². The Morgan fingerprint density at radius 3 is 2.12 bits per heavy atom. The summed E-state index contributed by atoms with van der Waals surface area (Å²) >= 11 is 6.03. The fraction of sp³-hybridized carbons (Fsp3) is 0.375. The Labute approximate surface area is 249 Å². The molecule has 0 spiro atoms. The van der Waals surface area contributed by atoms with Crippen LogP contribution in [0, 0.1) is 13.8 Å². The maximum absolute atomic E-state index is 14.1. The number of nitrogens with one attached hydrogen (secondary N) is 1. The Bertz CT molecular complexity index is 1450. The number of benzene rings is 3. The largest absolute Gasteiger partial charge is 0.350 e. The molecule has 0 saturated carbocycles. The Hall–Kier alpha value is -3.36. The SMILES string of the molecule is CCC(C(=O)NC(C)(C)C)N(CCc1ccccc1)C(=O)CN(c1ccc(C)c(C)c1)S(=O)(=O)c1ccc(Cl)cc1. The lowest BCUT2D eigenvalue weighted by atomic mass is 10.1. The molecule has 3 aromatic rings. The second-order valence-electron chi connectivity index (χ2n) is 11.2. The molecule has 0 radical (unpaired) electrons. The van der Waals surface area contributed by atoms with Crippen LogP contribution in [0.2, 0.25) is 5.02 Å². The topological polar surface area (TPSA) is 86.8 Å². The minimum atomic E-state index is -4.15. The van der Waals surface area contributed by atoms with Gasteiger partial charge < -0.3 is 10.2 Å². The van der Waals surface area contributed by atoms with E-state index in [0.717, 1.165) is 21.0 Å². The van der Waals surface area contributed by atoms with Crippen LogP contribution in [0.15, 0.2) is 77.7 Å². The van der Waals surface area contributed by atoms with E-state index in [9.17, 15) is 18.0 Å². The average molecular weight is 598 g/mol. The molecule has 220 valence electrons. The molecule has 1 unspecified atom stereocenters. The van der Waals surface area contributed by atoms with Crippen LogP contribution in [0.4, 0.5) is 5.69 Å². The quantitative estimate of drug-likeness (QED) is 0.297. The molecule has 0 aromatic heterocycles. The highest BCUT2D eigenvalue weighted by Gasteiger charge is 2.34. The van der Waals surface area contributed by atoms with Gasteiger partial charge in [0, 0.05) is 17.1 Å². The van der Waals surface area contributed by atoms with Gasteiger partial charge in [0.15, 0.2) is 0 Å². The predicted octanol–water partition coefficient (Wildman–Crippen LogP) is 5.92. The Morgan fingerprint density at radius 2 is 1.56 bits per heavy atom.